The number of anilines is 1. The van der Waals surface area contributed by atoms with Crippen molar-refractivity contribution in [3.8, 4) is 5.75 Å². The van der Waals surface area contributed by atoms with Gasteiger partial charge < -0.3 is 15.2 Å². The summed E-state index contributed by atoms with van der Waals surface area (Å²) in [5, 5.41) is 11.2. The van der Waals surface area contributed by atoms with Crippen molar-refractivity contribution < 1.29 is 23.1 Å². The number of aliphatic hydroxyl groups excluding tert-OH is 1. The van der Waals surface area contributed by atoms with Gasteiger partial charge in [-0.15, -0.1) is 0 Å². The van der Waals surface area contributed by atoms with E-state index < -0.39 is 10.0 Å². The molecule has 0 bridgehead atoms. The smallest absolute Gasteiger partial charge is 0.264 e. The van der Waals surface area contributed by atoms with E-state index >= 15 is 0 Å². The fourth-order valence-electron chi connectivity index (χ4n) is 3.02. The minimum absolute atomic E-state index is 0.142. The second-order valence-corrected chi connectivity index (χ2v) is 8.11. The highest BCUT2D eigenvalue weighted by atomic mass is 32.2. The number of benzene rings is 2. The van der Waals surface area contributed by atoms with Gasteiger partial charge in [-0.3, -0.25) is 9.10 Å². The number of carbonyl (C=O) groups excluding carboxylic acids is 1. The Balaban J connectivity index is 1.76. The van der Waals surface area contributed by atoms with Crippen molar-refractivity contribution in [2.24, 2.45) is 0 Å². The number of carbonyl (C=O) groups is 1. The van der Waals surface area contributed by atoms with E-state index in [-0.39, 0.29) is 30.6 Å². The predicted molar refractivity (Wildman–Crippen MR) is 101 cm³/mol. The van der Waals surface area contributed by atoms with Crippen LogP contribution >= 0.6 is 0 Å². The van der Waals surface area contributed by atoms with Gasteiger partial charge >= 0.3 is 0 Å². The lowest BCUT2D eigenvalue weighted by atomic mass is 10.2. The molecule has 2 aromatic carbocycles. The van der Waals surface area contributed by atoms with Crippen LogP contribution in [0.1, 0.15) is 11.1 Å². The molecule has 2 aromatic rings. The predicted octanol–water partition coefficient (Wildman–Crippen LogP) is 1.23. The number of hydrogen-bond acceptors (Lipinski definition) is 5. The number of aliphatic hydroxyl groups is 1. The first-order valence-corrected chi connectivity index (χ1v) is 10.1. The van der Waals surface area contributed by atoms with Gasteiger partial charge in [0.05, 0.1) is 17.2 Å². The van der Waals surface area contributed by atoms with Crippen LogP contribution in [0.2, 0.25) is 0 Å². The third-order valence-electron chi connectivity index (χ3n) is 4.37. The van der Waals surface area contributed by atoms with E-state index in [1.165, 1.54) is 10.4 Å². The second kappa shape index (κ2) is 7.98. The lowest BCUT2D eigenvalue weighted by Crippen LogP contribution is -2.31. The fraction of sp³-hybridized carbons (Fsp3) is 0.316. The molecule has 8 heteroatoms. The zero-order valence-corrected chi connectivity index (χ0v) is 15.8. The number of aryl methyl sites for hydroxylation is 1. The molecule has 0 saturated carbocycles. The van der Waals surface area contributed by atoms with Crippen LogP contribution in [0.3, 0.4) is 0 Å². The van der Waals surface area contributed by atoms with Crippen LogP contribution in [0.25, 0.3) is 0 Å². The maximum atomic E-state index is 13.0. The molecule has 2 N–H and O–H groups in total. The van der Waals surface area contributed by atoms with E-state index in [0.717, 1.165) is 11.3 Å². The first kappa shape index (κ1) is 19.2. The Bertz CT molecular complexity index is 943. The monoisotopic (exact) mass is 390 g/mol. The summed E-state index contributed by atoms with van der Waals surface area (Å²) in [7, 11) is -3.66. The van der Waals surface area contributed by atoms with E-state index in [2.05, 4.69) is 5.32 Å². The minimum atomic E-state index is -3.66. The Kier molecular flexibility index (Phi) is 5.67. The standard InChI is InChI=1S/C19H22N2O5S/c1-14-12-16(6-7-18(14)26-13-19(23)20-9-11-22)27(24,25)21-10-8-15-4-2-3-5-17(15)21/h2-7,12,22H,8-11,13H2,1H3,(H,20,23). The summed E-state index contributed by atoms with van der Waals surface area (Å²) in [6, 6.07) is 12.1. The lowest BCUT2D eigenvalue weighted by Gasteiger charge is -2.20. The Morgan fingerprint density at radius 1 is 1.26 bits per heavy atom. The van der Waals surface area contributed by atoms with Gasteiger partial charge in [0.25, 0.3) is 15.9 Å². The summed E-state index contributed by atoms with van der Waals surface area (Å²) >= 11 is 0. The van der Waals surface area contributed by atoms with Crippen LogP contribution in [0.5, 0.6) is 5.75 Å². The van der Waals surface area contributed by atoms with E-state index in [1.807, 2.05) is 24.3 Å². The van der Waals surface area contributed by atoms with Crippen LogP contribution < -0.4 is 14.4 Å². The first-order valence-electron chi connectivity index (χ1n) is 8.65. The summed E-state index contributed by atoms with van der Waals surface area (Å²) in [6.07, 6.45) is 0.693. The van der Waals surface area contributed by atoms with Crippen molar-refractivity contribution in [2.45, 2.75) is 18.2 Å². The Morgan fingerprint density at radius 2 is 2.04 bits per heavy atom. The third kappa shape index (κ3) is 4.06. The third-order valence-corrected chi connectivity index (χ3v) is 6.18. The second-order valence-electron chi connectivity index (χ2n) is 6.25. The molecule has 0 fully saturated rings. The van der Waals surface area contributed by atoms with Crippen LogP contribution in [-0.2, 0) is 21.2 Å². The van der Waals surface area contributed by atoms with Gasteiger partial charge in [-0.25, -0.2) is 8.42 Å². The van der Waals surface area contributed by atoms with Crippen LogP contribution in [0.15, 0.2) is 47.4 Å². The molecular weight excluding hydrogens is 368 g/mol. The fourth-order valence-corrected chi connectivity index (χ4v) is 4.61. The molecule has 0 atom stereocenters. The Hall–Kier alpha value is -2.58. The molecule has 144 valence electrons. The summed E-state index contributed by atoms with van der Waals surface area (Å²) in [4.78, 5) is 11.7. The van der Waals surface area contributed by atoms with Gasteiger partial charge in [-0.05, 0) is 48.7 Å². The number of ether oxygens (including phenoxy) is 1. The summed E-state index contributed by atoms with van der Waals surface area (Å²) in [5.74, 6) is 0.0868. The molecular formula is C19H22N2O5S. The average molecular weight is 390 g/mol. The number of sulfonamides is 1. The molecule has 1 amide bonds. The number of nitrogens with zero attached hydrogens (tertiary/aromatic N) is 1. The first-order chi connectivity index (χ1) is 12.9. The molecule has 7 nitrogen and oxygen atoms in total. The van der Waals surface area contributed by atoms with Gasteiger partial charge in [0.1, 0.15) is 5.75 Å². The van der Waals surface area contributed by atoms with E-state index in [9.17, 15) is 13.2 Å². The summed E-state index contributed by atoms with van der Waals surface area (Å²) in [6.45, 7) is 1.97. The SMILES string of the molecule is Cc1cc(S(=O)(=O)N2CCc3ccccc32)ccc1OCC(=O)NCCO. The molecule has 0 spiro atoms. The number of para-hydroxylation sites is 1. The molecule has 1 aliphatic rings. The number of nitrogens with one attached hydrogen (secondary N) is 1. The molecule has 0 aliphatic carbocycles. The number of amides is 1. The highest BCUT2D eigenvalue weighted by Gasteiger charge is 2.30. The van der Waals surface area contributed by atoms with Crippen molar-refractivity contribution in [3.05, 3.63) is 53.6 Å². The maximum absolute atomic E-state index is 13.0. The number of fused-ring (bicyclic) bond motifs is 1. The van der Waals surface area contributed by atoms with Crippen molar-refractivity contribution in [1.82, 2.24) is 5.32 Å². The Morgan fingerprint density at radius 3 is 2.78 bits per heavy atom. The topological polar surface area (TPSA) is 95.9 Å². The zero-order valence-electron chi connectivity index (χ0n) is 15.0. The van der Waals surface area contributed by atoms with Crippen LogP contribution in [0.4, 0.5) is 5.69 Å². The van der Waals surface area contributed by atoms with Crippen molar-refractivity contribution in [3.63, 3.8) is 0 Å². The molecule has 0 aromatic heterocycles. The molecule has 0 radical (unpaired) electrons. The van der Waals surface area contributed by atoms with Gasteiger partial charge in [-0.2, -0.15) is 0 Å². The molecule has 1 heterocycles. The van der Waals surface area contributed by atoms with Gasteiger partial charge in [0.2, 0.25) is 0 Å². The van der Waals surface area contributed by atoms with Crippen molar-refractivity contribution in [1.29, 1.82) is 0 Å². The lowest BCUT2D eigenvalue weighted by molar-refractivity contribution is -0.123. The molecule has 0 unspecified atom stereocenters. The van der Waals surface area contributed by atoms with Gasteiger partial charge in [0.15, 0.2) is 6.61 Å². The van der Waals surface area contributed by atoms with Crippen molar-refractivity contribution >= 4 is 21.6 Å². The van der Waals surface area contributed by atoms with Crippen LogP contribution in [-0.4, -0.2) is 45.7 Å². The molecule has 3 rings (SSSR count). The van der Waals surface area contributed by atoms with E-state index in [0.29, 0.717) is 24.3 Å². The molecule has 0 saturated heterocycles. The number of rotatable bonds is 7. The van der Waals surface area contributed by atoms with E-state index in [1.54, 1.807) is 19.1 Å². The van der Waals surface area contributed by atoms with Crippen molar-refractivity contribution in [2.75, 3.05) is 30.6 Å². The average Bonchev–Trinajstić information content (AvgIpc) is 3.10. The summed E-state index contributed by atoms with van der Waals surface area (Å²) < 4.78 is 33.0. The largest absolute Gasteiger partial charge is 0.484 e. The van der Waals surface area contributed by atoms with E-state index in [4.69, 9.17) is 9.84 Å². The normalized spacial score (nSPS) is 13.3. The van der Waals surface area contributed by atoms with Gasteiger partial charge in [0, 0.05) is 13.1 Å². The van der Waals surface area contributed by atoms with Gasteiger partial charge in [-0.1, -0.05) is 18.2 Å². The molecule has 27 heavy (non-hydrogen) atoms. The zero-order chi connectivity index (χ0) is 19.4. The number of hydrogen-bond donors (Lipinski definition) is 2. The summed E-state index contributed by atoms with van der Waals surface area (Å²) in [5.41, 5.74) is 2.36. The maximum Gasteiger partial charge on any atom is 0.264 e. The minimum Gasteiger partial charge on any atom is -0.484 e. The quantitative estimate of drug-likeness (QED) is 0.741. The highest BCUT2D eigenvalue weighted by molar-refractivity contribution is 7.92. The molecule has 1 aliphatic heterocycles. The Labute approximate surface area is 158 Å². The van der Waals surface area contributed by atoms with Crippen LogP contribution in [0, 0.1) is 6.92 Å². The highest BCUT2D eigenvalue weighted by Crippen LogP contribution is 2.33.